The van der Waals surface area contributed by atoms with E-state index < -0.39 is 0 Å². The van der Waals surface area contributed by atoms with Crippen molar-refractivity contribution >= 4 is 34.8 Å². The number of nitrogens with zero attached hydrogens (tertiary/aromatic N) is 1. The number of benzene rings is 3. The van der Waals surface area contributed by atoms with Gasteiger partial charge in [0.1, 0.15) is 0 Å². The molecule has 2 heterocycles. The highest BCUT2D eigenvalue weighted by Crippen LogP contribution is 2.30. The number of hydrogen-bond acceptors (Lipinski definition) is 4. The Balaban J connectivity index is 1.31. The predicted molar refractivity (Wildman–Crippen MR) is 152 cm³/mol. The van der Waals surface area contributed by atoms with Crippen molar-refractivity contribution in [2.75, 3.05) is 36.5 Å². The van der Waals surface area contributed by atoms with Gasteiger partial charge in [-0.1, -0.05) is 54.1 Å². The largest absolute Gasteiger partial charge is 0.376 e. The topological polar surface area (TPSA) is 70.7 Å². The Bertz CT molecular complexity index is 1250. The first-order valence-corrected chi connectivity index (χ1v) is 13.8. The van der Waals surface area contributed by atoms with Gasteiger partial charge < -0.3 is 20.3 Å². The summed E-state index contributed by atoms with van der Waals surface area (Å²) in [6.45, 7) is 2.99. The van der Waals surface area contributed by atoms with Gasteiger partial charge in [-0.3, -0.25) is 9.59 Å². The quantitative estimate of drug-likeness (QED) is 0.376. The zero-order chi connectivity index (χ0) is 26.3. The predicted octanol–water partition coefficient (Wildman–Crippen LogP) is 5.96. The number of hydrogen-bond donors (Lipinski definition) is 2. The fourth-order valence-corrected chi connectivity index (χ4v) is 5.57. The molecular weight excluding hydrogens is 498 g/mol. The lowest BCUT2D eigenvalue weighted by atomic mass is 9.89. The number of carbonyl (C=O) groups excluding carboxylic acids is 2. The summed E-state index contributed by atoms with van der Waals surface area (Å²) in [5.41, 5.74) is 3.77. The van der Waals surface area contributed by atoms with Crippen LogP contribution in [0.15, 0.2) is 72.8 Å². The molecule has 2 aliphatic rings. The van der Waals surface area contributed by atoms with E-state index >= 15 is 0 Å². The maximum Gasteiger partial charge on any atom is 0.257 e. The van der Waals surface area contributed by atoms with Crippen molar-refractivity contribution < 1.29 is 14.3 Å². The van der Waals surface area contributed by atoms with Gasteiger partial charge in [0, 0.05) is 37.6 Å². The fraction of sp³-hybridized carbons (Fsp3) is 0.355. The van der Waals surface area contributed by atoms with Gasteiger partial charge in [0.2, 0.25) is 0 Å². The molecule has 1 unspecified atom stereocenters. The summed E-state index contributed by atoms with van der Waals surface area (Å²) in [4.78, 5) is 28.6. The van der Waals surface area contributed by atoms with Gasteiger partial charge >= 0.3 is 0 Å². The van der Waals surface area contributed by atoms with Crippen molar-refractivity contribution in [3.63, 3.8) is 0 Å². The molecule has 2 aliphatic heterocycles. The zero-order valence-electron chi connectivity index (χ0n) is 21.5. The maximum atomic E-state index is 13.4. The molecule has 1 atom stereocenters. The molecule has 0 radical (unpaired) electrons. The Labute approximate surface area is 229 Å². The number of nitrogens with one attached hydrogen (secondary N) is 2. The van der Waals surface area contributed by atoms with Crippen molar-refractivity contribution in [3.8, 4) is 0 Å². The molecule has 3 aromatic rings. The van der Waals surface area contributed by atoms with Crippen molar-refractivity contribution in [1.29, 1.82) is 0 Å². The molecule has 0 bridgehead atoms. The molecule has 0 aliphatic carbocycles. The summed E-state index contributed by atoms with van der Waals surface area (Å²) in [5, 5.41) is 6.35. The molecule has 2 amide bonds. The average Bonchev–Trinajstić information content (AvgIpc) is 3.47. The highest BCUT2D eigenvalue weighted by Gasteiger charge is 2.25. The van der Waals surface area contributed by atoms with Crippen molar-refractivity contribution in [1.82, 2.24) is 5.32 Å². The zero-order valence-corrected chi connectivity index (χ0v) is 22.3. The van der Waals surface area contributed by atoms with E-state index in [1.54, 1.807) is 30.3 Å². The summed E-state index contributed by atoms with van der Waals surface area (Å²) in [7, 11) is 0. The summed E-state index contributed by atoms with van der Waals surface area (Å²) in [5.74, 6) is 0.158. The Morgan fingerprint density at radius 1 is 0.895 bits per heavy atom. The van der Waals surface area contributed by atoms with Crippen molar-refractivity contribution in [3.05, 3.63) is 94.5 Å². The number of rotatable bonds is 8. The molecule has 0 aromatic heterocycles. The second kappa shape index (κ2) is 12.5. The van der Waals surface area contributed by atoms with Crippen LogP contribution < -0.4 is 15.5 Å². The van der Waals surface area contributed by atoms with E-state index in [9.17, 15) is 9.59 Å². The first-order chi connectivity index (χ1) is 18.6. The number of amides is 2. The molecule has 6 nitrogen and oxygen atoms in total. The molecule has 38 heavy (non-hydrogen) atoms. The van der Waals surface area contributed by atoms with Crippen LogP contribution >= 0.6 is 11.6 Å². The Morgan fingerprint density at radius 3 is 2.39 bits per heavy atom. The van der Waals surface area contributed by atoms with Crippen LogP contribution in [0.1, 0.15) is 52.0 Å². The molecule has 198 valence electrons. The number of anilines is 2. The minimum atomic E-state index is -0.309. The minimum Gasteiger partial charge on any atom is -0.376 e. The lowest BCUT2D eigenvalue weighted by molar-refractivity contribution is 0.0858. The molecule has 0 saturated carbocycles. The molecule has 5 rings (SSSR count). The van der Waals surface area contributed by atoms with Crippen LogP contribution in [0.2, 0.25) is 5.02 Å². The molecule has 3 aromatic carbocycles. The van der Waals surface area contributed by atoms with Gasteiger partial charge in [-0.2, -0.15) is 0 Å². The van der Waals surface area contributed by atoms with Crippen LogP contribution in [0.3, 0.4) is 0 Å². The van der Waals surface area contributed by atoms with E-state index in [0.717, 1.165) is 57.5 Å². The third-order valence-corrected chi connectivity index (χ3v) is 7.78. The van der Waals surface area contributed by atoms with Crippen molar-refractivity contribution in [2.24, 2.45) is 5.92 Å². The summed E-state index contributed by atoms with van der Waals surface area (Å²) >= 11 is 6.22. The van der Waals surface area contributed by atoms with Gasteiger partial charge in [0.15, 0.2) is 0 Å². The van der Waals surface area contributed by atoms with Crippen LogP contribution in [0.25, 0.3) is 0 Å². The van der Waals surface area contributed by atoms with Gasteiger partial charge in [-0.15, -0.1) is 0 Å². The molecule has 7 heteroatoms. The monoisotopic (exact) mass is 531 g/mol. The third-order valence-electron chi connectivity index (χ3n) is 7.45. The molecule has 0 spiro atoms. The second-order valence-electron chi connectivity index (χ2n) is 10.1. The van der Waals surface area contributed by atoms with Crippen LogP contribution in [-0.4, -0.2) is 44.2 Å². The number of piperidine rings is 1. The summed E-state index contributed by atoms with van der Waals surface area (Å²) in [6, 6.07) is 23.1. The third kappa shape index (κ3) is 6.55. The molecule has 2 fully saturated rings. The Kier molecular flexibility index (Phi) is 8.61. The SMILES string of the molecule is O=C(Nc1ccc(N2CCC(Cc3ccccc3)CC2)c(C(=O)NCC2CCCO2)c1)c1ccccc1Cl. The van der Waals surface area contributed by atoms with Gasteiger partial charge in [-0.05, 0) is 73.9 Å². The standard InChI is InChI=1S/C31H34ClN3O3/c32-28-11-5-4-10-26(28)31(37)34-24-12-13-29(27(20-24)30(36)33-21-25-9-6-18-38-25)35-16-14-23(15-17-35)19-22-7-2-1-3-8-22/h1-5,7-8,10-13,20,23,25H,6,9,14-19,21H2,(H,33,36)(H,34,37). The highest BCUT2D eigenvalue weighted by molar-refractivity contribution is 6.34. The first-order valence-electron chi connectivity index (χ1n) is 13.5. The van der Waals surface area contributed by atoms with E-state index in [4.69, 9.17) is 16.3 Å². The number of carbonyl (C=O) groups is 2. The second-order valence-corrected chi connectivity index (χ2v) is 10.5. The van der Waals surface area contributed by atoms with E-state index in [1.165, 1.54) is 5.56 Å². The van der Waals surface area contributed by atoms with Gasteiger partial charge in [0.05, 0.1) is 22.3 Å². The number of ether oxygens (including phenoxy) is 1. The van der Waals surface area contributed by atoms with E-state index in [2.05, 4.69) is 45.9 Å². The van der Waals surface area contributed by atoms with Gasteiger partial charge in [0.25, 0.3) is 11.8 Å². The lowest BCUT2D eigenvalue weighted by Crippen LogP contribution is -2.37. The van der Waals surface area contributed by atoms with Crippen LogP contribution in [-0.2, 0) is 11.2 Å². The minimum absolute atomic E-state index is 0.0549. The highest BCUT2D eigenvalue weighted by atomic mass is 35.5. The van der Waals surface area contributed by atoms with E-state index in [-0.39, 0.29) is 17.9 Å². The fourth-order valence-electron chi connectivity index (χ4n) is 5.35. The number of halogens is 1. The normalized spacial score (nSPS) is 17.8. The lowest BCUT2D eigenvalue weighted by Gasteiger charge is -2.35. The van der Waals surface area contributed by atoms with Crippen LogP contribution in [0, 0.1) is 5.92 Å². The van der Waals surface area contributed by atoms with E-state index in [0.29, 0.717) is 34.3 Å². The van der Waals surface area contributed by atoms with Gasteiger partial charge in [-0.25, -0.2) is 0 Å². The Morgan fingerprint density at radius 2 is 1.66 bits per heavy atom. The molecular formula is C31H34ClN3O3. The molecule has 2 N–H and O–H groups in total. The summed E-state index contributed by atoms with van der Waals surface area (Å²) < 4.78 is 5.69. The Hall–Kier alpha value is -3.35. The molecule has 2 saturated heterocycles. The maximum absolute atomic E-state index is 13.4. The van der Waals surface area contributed by atoms with Crippen molar-refractivity contribution in [2.45, 2.75) is 38.2 Å². The first kappa shape index (κ1) is 26.3. The smallest absolute Gasteiger partial charge is 0.257 e. The summed E-state index contributed by atoms with van der Waals surface area (Å²) in [6.07, 6.45) is 5.24. The van der Waals surface area contributed by atoms with Crippen LogP contribution in [0.5, 0.6) is 0 Å². The van der Waals surface area contributed by atoms with E-state index in [1.807, 2.05) is 12.1 Å². The van der Waals surface area contributed by atoms with Crippen LogP contribution in [0.4, 0.5) is 11.4 Å². The average molecular weight is 532 g/mol.